The van der Waals surface area contributed by atoms with Crippen molar-refractivity contribution in [2.45, 2.75) is 24.9 Å². The zero-order valence-electron chi connectivity index (χ0n) is 13.0. The molecule has 0 N–H and O–H groups in total. The third-order valence-electron chi connectivity index (χ3n) is 5.17. The van der Waals surface area contributed by atoms with E-state index in [1.54, 1.807) is 24.3 Å². The normalized spacial score (nSPS) is 29.0. The predicted molar refractivity (Wildman–Crippen MR) is 84.0 cm³/mol. The molecule has 0 aromatic heterocycles. The van der Waals surface area contributed by atoms with Crippen LogP contribution in [-0.2, 0) is 10.3 Å². The molecular formula is C17H14N4O3. The highest BCUT2D eigenvalue weighted by Gasteiger charge is 2.77. The smallest absolute Gasteiger partial charge is 0.278 e. The van der Waals surface area contributed by atoms with Crippen molar-refractivity contribution in [1.82, 2.24) is 0 Å². The molecule has 1 amide bonds. The minimum atomic E-state index is -1.74. The van der Waals surface area contributed by atoms with Crippen LogP contribution < -0.4 is 4.90 Å². The van der Waals surface area contributed by atoms with Crippen LogP contribution in [0.1, 0.15) is 18.9 Å². The molecule has 0 spiro atoms. The van der Waals surface area contributed by atoms with Gasteiger partial charge in [-0.15, -0.1) is 6.58 Å². The largest absolute Gasteiger partial charge is 0.299 e. The van der Waals surface area contributed by atoms with Crippen molar-refractivity contribution >= 4 is 11.6 Å². The maximum atomic E-state index is 12.3. The van der Waals surface area contributed by atoms with Crippen LogP contribution in [-0.4, -0.2) is 16.9 Å². The van der Waals surface area contributed by atoms with Crippen LogP contribution in [0.4, 0.5) is 5.69 Å². The molecule has 3 atom stereocenters. The first-order chi connectivity index (χ1) is 11.4. The Labute approximate surface area is 138 Å². The Kier molecular flexibility index (Phi) is 3.21. The SMILES string of the molecule is C=CC1CC(C#N)(C#N)C2N(C(C)=O)c3ccccc3[C@]12[N+](=O)[O-]. The third-order valence-corrected chi connectivity index (χ3v) is 5.17. The Morgan fingerprint density at radius 3 is 2.58 bits per heavy atom. The summed E-state index contributed by atoms with van der Waals surface area (Å²) in [5.74, 6) is -1.17. The van der Waals surface area contributed by atoms with E-state index < -0.39 is 33.7 Å². The number of anilines is 1. The number of nitrogens with zero attached hydrogens (tertiary/aromatic N) is 4. The molecule has 0 saturated heterocycles. The van der Waals surface area contributed by atoms with Gasteiger partial charge in [-0.2, -0.15) is 10.5 Å². The van der Waals surface area contributed by atoms with Gasteiger partial charge >= 0.3 is 0 Å². The van der Waals surface area contributed by atoms with Gasteiger partial charge in [0.1, 0.15) is 6.04 Å². The van der Waals surface area contributed by atoms with Gasteiger partial charge in [0.25, 0.3) is 5.54 Å². The first-order valence-corrected chi connectivity index (χ1v) is 7.39. The average Bonchev–Trinajstić information content (AvgIpc) is 3.04. The van der Waals surface area contributed by atoms with Crippen molar-refractivity contribution in [3.05, 3.63) is 52.6 Å². The number of carbonyl (C=O) groups is 1. The molecule has 0 bridgehead atoms. The molecular weight excluding hydrogens is 308 g/mol. The Bertz CT molecular complexity index is 836. The summed E-state index contributed by atoms with van der Waals surface area (Å²) in [6.45, 7) is 4.97. The van der Waals surface area contributed by atoms with Gasteiger partial charge in [0.15, 0.2) is 5.41 Å². The molecule has 1 aromatic rings. The second kappa shape index (κ2) is 4.90. The fraction of sp³-hybridized carbons (Fsp3) is 0.353. The highest BCUT2D eigenvalue weighted by atomic mass is 16.6. The molecule has 1 fully saturated rings. The van der Waals surface area contributed by atoms with E-state index in [-0.39, 0.29) is 6.42 Å². The Hall–Kier alpha value is -3.19. The lowest BCUT2D eigenvalue weighted by atomic mass is 9.78. The van der Waals surface area contributed by atoms with Gasteiger partial charge in [0.2, 0.25) is 5.91 Å². The maximum absolute atomic E-state index is 12.3. The van der Waals surface area contributed by atoms with Gasteiger partial charge in [-0.25, -0.2) is 0 Å². The second-order valence-corrected chi connectivity index (χ2v) is 6.13. The van der Waals surface area contributed by atoms with Gasteiger partial charge in [-0.05, 0) is 18.6 Å². The summed E-state index contributed by atoms with van der Waals surface area (Å²) >= 11 is 0. The lowest BCUT2D eigenvalue weighted by Crippen LogP contribution is -2.55. The average molecular weight is 322 g/mol. The van der Waals surface area contributed by atoms with Crippen LogP contribution in [0.3, 0.4) is 0 Å². The van der Waals surface area contributed by atoms with Crippen molar-refractivity contribution in [2.75, 3.05) is 4.90 Å². The number of hydrogen-bond donors (Lipinski definition) is 0. The van der Waals surface area contributed by atoms with Gasteiger partial charge < -0.3 is 0 Å². The van der Waals surface area contributed by atoms with Crippen molar-refractivity contribution < 1.29 is 9.72 Å². The second-order valence-electron chi connectivity index (χ2n) is 6.13. The molecule has 7 heteroatoms. The van der Waals surface area contributed by atoms with Gasteiger partial charge in [-0.1, -0.05) is 18.2 Å². The minimum absolute atomic E-state index is 0.0345. The van der Waals surface area contributed by atoms with Crippen molar-refractivity contribution in [3.8, 4) is 12.1 Å². The van der Waals surface area contributed by atoms with Crippen LogP contribution in [0.15, 0.2) is 36.9 Å². The summed E-state index contributed by atoms with van der Waals surface area (Å²) < 4.78 is 0. The molecule has 1 aliphatic carbocycles. The van der Waals surface area contributed by atoms with E-state index in [1.165, 1.54) is 17.9 Å². The fourth-order valence-corrected chi connectivity index (χ4v) is 4.30. The highest BCUT2D eigenvalue weighted by molar-refractivity contribution is 5.96. The number of para-hydroxylation sites is 1. The van der Waals surface area contributed by atoms with Crippen molar-refractivity contribution in [2.24, 2.45) is 11.3 Å². The molecule has 1 heterocycles. The van der Waals surface area contributed by atoms with E-state index >= 15 is 0 Å². The summed E-state index contributed by atoms with van der Waals surface area (Å²) in [4.78, 5) is 25.3. The van der Waals surface area contributed by atoms with E-state index in [0.717, 1.165) is 0 Å². The number of nitriles is 2. The topological polar surface area (TPSA) is 111 Å². The van der Waals surface area contributed by atoms with E-state index in [1.807, 2.05) is 12.1 Å². The van der Waals surface area contributed by atoms with Crippen molar-refractivity contribution in [1.29, 1.82) is 10.5 Å². The van der Waals surface area contributed by atoms with E-state index in [2.05, 4.69) is 6.58 Å². The van der Waals surface area contributed by atoms with Crippen LogP contribution in [0.5, 0.6) is 0 Å². The van der Waals surface area contributed by atoms with E-state index in [4.69, 9.17) is 0 Å². The van der Waals surface area contributed by atoms with Gasteiger partial charge in [0, 0.05) is 11.8 Å². The third kappa shape index (κ3) is 1.51. The van der Waals surface area contributed by atoms with E-state index in [9.17, 15) is 25.4 Å². The monoisotopic (exact) mass is 322 g/mol. The standard InChI is InChI=1S/C17H14N4O3/c1-3-12-8-16(9-18,10-19)15-17(12,21(23)24)13-6-4-5-7-14(13)20(15)11(2)22/h3-7,12,15H,1,8H2,2H3/t12?,15?,17-/m1/s1. The summed E-state index contributed by atoms with van der Waals surface area (Å²) in [7, 11) is 0. The highest BCUT2D eigenvalue weighted by Crippen LogP contribution is 2.63. The lowest BCUT2D eigenvalue weighted by Gasteiger charge is -2.31. The predicted octanol–water partition coefficient (Wildman–Crippen LogP) is 2.13. The molecule has 1 aromatic carbocycles. The molecule has 120 valence electrons. The van der Waals surface area contributed by atoms with Gasteiger partial charge in [-0.3, -0.25) is 19.8 Å². The Morgan fingerprint density at radius 2 is 2.08 bits per heavy atom. The number of benzene rings is 1. The molecule has 2 unspecified atom stereocenters. The maximum Gasteiger partial charge on any atom is 0.278 e. The van der Waals surface area contributed by atoms with Crippen LogP contribution in [0.2, 0.25) is 0 Å². The van der Waals surface area contributed by atoms with Crippen LogP contribution in [0, 0.1) is 44.1 Å². The first kappa shape index (κ1) is 15.7. The number of nitro groups is 1. The Balaban J connectivity index is 2.46. The number of rotatable bonds is 2. The summed E-state index contributed by atoms with van der Waals surface area (Å²) in [6, 6.07) is 9.26. The molecule has 0 radical (unpaired) electrons. The zero-order chi connectivity index (χ0) is 17.7. The van der Waals surface area contributed by atoms with Crippen LogP contribution >= 0.6 is 0 Å². The summed E-state index contributed by atoms with van der Waals surface area (Å²) in [5.41, 5.74) is -2.67. The molecule has 1 saturated carbocycles. The first-order valence-electron chi connectivity index (χ1n) is 7.39. The molecule has 2 aliphatic rings. The minimum Gasteiger partial charge on any atom is -0.299 e. The molecule has 3 rings (SSSR count). The van der Waals surface area contributed by atoms with Crippen LogP contribution in [0.25, 0.3) is 0 Å². The number of fused-ring (bicyclic) bond motifs is 3. The molecule has 7 nitrogen and oxygen atoms in total. The molecule has 24 heavy (non-hydrogen) atoms. The summed E-state index contributed by atoms with van der Waals surface area (Å²) in [5, 5.41) is 31.6. The molecule has 1 aliphatic heterocycles. The Morgan fingerprint density at radius 1 is 1.46 bits per heavy atom. The number of carbonyl (C=O) groups excluding carboxylic acids is 1. The zero-order valence-corrected chi connectivity index (χ0v) is 13.0. The number of amides is 1. The van der Waals surface area contributed by atoms with E-state index in [0.29, 0.717) is 11.3 Å². The lowest BCUT2D eigenvalue weighted by molar-refractivity contribution is -0.585. The quantitative estimate of drug-likeness (QED) is 0.470. The van der Waals surface area contributed by atoms with Crippen molar-refractivity contribution in [3.63, 3.8) is 0 Å². The fourth-order valence-electron chi connectivity index (χ4n) is 4.30. The van der Waals surface area contributed by atoms with Gasteiger partial charge in [0.05, 0.1) is 29.3 Å². The number of hydrogen-bond acceptors (Lipinski definition) is 5. The summed E-state index contributed by atoms with van der Waals surface area (Å²) in [6.07, 6.45) is 1.39.